The van der Waals surface area contributed by atoms with E-state index < -0.39 is 0 Å². The minimum Gasteiger partial charge on any atom is -0.352 e. The van der Waals surface area contributed by atoms with Crippen molar-refractivity contribution in [1.82, 2.24) is 10.6 Å². The highest BCUT2D eigenvalue weighted by Crippen LogP contribution is 2.20. The first kappa shape index (κ1) is 22.1. The van der Waals surface area contributed by atoms with Crippen molar-refractivity contribution < 1.29 is 9.59 Å². The third kappa shape index (κ3) is 7.00. The number of carbonyl (C=O) groups is 2. The van der Waals surface area contributed by atoms with Crippen molar-refractivity contribution in [2.45, 2.75) is 39.4 Å². The number of benzene rings is 3. The molecule has 0 aliphatic rings. The summed E-state index contributed by atoms with van der Waals surface area (Å²) in [7, 11) is 0. The van der Waals surface area contributed by atoms with Crippen LogP contribution in [0.1, 0.15) is 30.5 Å². The lowest BCUT2D eigenvalue weighted by Crippen LogP contribution is -2.42. The van der Waals surface area contributed by atoms with Gasteiger partial charge in [0.2, 0.25) is 5.91 Å². The van der Waals surface area contributed by atoms with Crippen LogP contribution in [0, 0.1) is 0 Å². The molecule has 0 aromatic heterocycles. The summed E-state index contributed by atoms with van der Waals surface area (Å²) < 4.78 is 0. The van der Waals surface area contributed by atoms with Crippen molar-refractivity contribution in [2.75, 3.05) is 4.90 Å². The third-order valence-electron chi connectivity index (χ3n) is 4.76. The lowest BCUT2D eigenvalue weighted by molar-refractivity contribution is -0.120. The molecule has 0 heterocycles. The fourth-order valence-electron chi connectivity index (χ4n) is 3.25. The molecule has 3 rings (SSSR count). The van der Waals surface area contributed by atoms with Crippen molar-refractivity contribution in [2.24, 2.45) is 0 Å². The number of rotatable bonds is 8. The second kappa shape index (κ2) is 11.0. The lowest BCUT2D eigenvalue weighted by atomic mass is 10.1. The van der Waals surface area contributed by atoms with Gasteiger partial charge >= 0.3 is 6.03 Å². The zero-order valence-electron chi connectivity index (χ0n) is 18.0. The number of hydrogen-bond acceptors (Lipinski definition) is 2. The first-order chi connectivity index (χ1) is 15.0. The molecular formula is C26H29N3O2. The molecular weight excluding hydrogens is 386 g/mol. The Labute approximate surface area is 184 Å². The molecule has 3 aromatic carbocycles. The Morgan fingerprint density at radius 1 is 0.806 bits per heavy atom. The number of hydrogen-bond donors (Lipinski definition) is 2. The number of urea groups is 1. The van der Waals surface area contributed by atoms with Crippen molar-refractivity contribution in [3.8, 4) is 0 Å². The maximum Gasteiger partial charge on any atom is 0.322 e. The standard InChI is InChI=1S/C26H29N3O2/c1-20(2)28-26(31)29(19-22-12-7-4-8-13-22)24-15-9-14-23(16-24)17-25(30)27-18-21-10-5-3-6-11-21/h3-16,20H,17-19H2,1-2H3,(H,27,30)(H,28,31). The molecule has 3 aromatic rings. The molecule has 0 spiro atoms. The van der Waals surface area contributed by atoms with Crippen LogP contribution in [0.25, 0.3) is 0 Å². The van der Waals surface area contributed by atoms with Gasteiger partial charge in [-0.15, -0.1) is 0 Å². The van der Waals surface area contributed by atoms with E-state index in [1.165, 1.54) is 0 Å². The summed E-state index contributed by atoms with van der Waals surface area (Å²) in [6.07, 6.45) is 0.256. The molecule has 3 amide bonds. The monoisotopic (exact) mass is 415 g/mol. The van der Waals surface area contributed by atoms with Gasteiger partial charge in [-0.2, -0.15) is 0 Å². The minimum absolute atomic E-state index is 0.0257. The topological polar surface area (TPSA) is 61.4 Å². The van der Waals surface area contributed by atoms with Gasteiger partial charge in [-0.3, -0.25) is 9.69 Å². The molecule has 0 atom stereocenters. The van der Waals surface area contributed by atoms with E-state index in [1.54, 1.807) is 4.90 Å². The Balaban J connectivity index is 1.72. The zero-order valence-corrected chi connectivity index (χ0v) is 18.0. The van der Waals surface area contributed by atoms with E-state index in [4.69, 9.17) is 0 Å². The number of anilines is 1. The molecule has 0 radical (unpaired) electrons. The second-order valence-corrected chi connectivity index (χ2v) is 7.78. The molecule has 5 nitrogen and oxygen atoms in total. The van der Waals surface area contributed by atoms with E-state index in [0.717, 1.165) is 22.4 Å². The van der Waals surface area contributed by atoms with Crippen LogP contribution in [-0.2, 0) is 24.3 Å². The summed E-state index contributed by atoms with van der Waals surface area (Å²) in [5.74, 6) is -0.0535. The van der Waals surface area contributed by atoms with Gasteiger partial charge in [0.05, 0.1) is 13.0 Å². The Bertz CT molecular complexity index is 988. The van der Waals surface area contributed by atoms with Crippen molar-refractivity contribution in [3.05, 3.63) is 102 Å². The van der Waals surface area contributed by atoms with Gasteiger partial charge in [-0.25, -0.2) is 4.79 Å². The summed E-state index contributed by atoms with van der Waals surface area (Å²) in [4.78, 5) is 27.0. The van der Waals surface area contributed by atoms with Crippen LogP contribution in [0.4, 0.5) is 10.5 Å². The maximum absolute atomic E-state index is 12.9. The summed E-state index contributed by atoms with van der Waals surface area (Å²) in [5.41, 5.74) is 3.71. The number of carbonyl (C=O) groups excluding carboxylic acids is 2. The van der Waals surface area contributed by atoms with Gasteiger partial charge in [0.25, 0.3) is 0 Å². The summed E-state index contributed by atoms with van der Waals surface area (Å²) in [5, 5.41) is 5.92. The maximum atomic E-state index is 12.9. The molecule has 160 valence electrons. The highest BCUT2D eigenvalue weighted by molar-refractivity contribution is 5.92. The lowest BCUT2D eigenvalue weighted by Gasteiger charge is -2.25. The van der Waals surface area contributed by atoms with Crippen molar-refractivity contribution in [1.29, 1.82) is 0 Å². The smallest absolute Gasteiger partial charge is 0.322 e. The predicted octanol–water partition coefficient (Wildman–Crippen LogP) is 4.67. The number of amides is 3. The van der Waals surface area contributed by atoms with Gasteiger partial charge in [-0.1, -0.05) is 72.8 Å². The summed E-state index contributed by atoms with van der Waals surface area (Å²) in [6.45, 7) is 4.82. The molecule has 31 heavy (non-hydrogen) atoms. The van der Waals surface area contributed by atoms with Crippen LogP contribution in [-0.4, -0.2) is 18.0 Å². The van der Waals surface area contributed by atoms with Gasteiger partial charge in [0.1, 0.15) is 0 Å². The largest absolute Gasteiger partial charge is 0.352 e. The molecule has 0 saturated carbocycles. The van der Waals surface area contributed by atoms with Crippen molar-refractivity contribution in [3.63, 3.8) is 0 Å². The average Bonchev–Trinajstić information content (AvgIpc) is 2.77. The number of nitrogens with one attached hydrogen (secondary N) is 2. The first-order valence-electron chi connectivity index (χ1n) is 10.5. The zero-order chi connectivity index (χ0) is 22.1. The molecule has 2 N–H and O–H groups in total. The van der Waals surface area contributed by atoms with E-state index in [9.17, 15) is 9.59 Å². The van der Waals surface area contributed by atoms with Gasteiger partial charge in [0.15, 0.2) is 0 Å². The van der Waals surface area contributed by atoms with E-state index in [2.05, 4.69) is 10.6 Å². The van der Waals surface area contributed by atoms with Gasteiger partial charge < -0.3 is 10.6 Å². The summed E-state index contributed by atoms with van der Waals surface area (Å²) in [6, 6.07) is 27.2. The van der Waals surface area contributed by atoms with E-state index >= 15 is 0 Å². The molecule has 5 heteroatoms. The van der Waals surface area contributed by atoms with Crippen LogP contribution in [0.5, 0.6) is 0 Å². The second-order valence-electron chi connectivity index (χ2n) is 7.78. The Kier molecular flexibility index (Phi) is 7.82. The van der Waals surface area contributed by atoms with E-state index in [0.29, 0.717) is 13.1 Å². The minimum atomic E-state index is -0.162. The van der Waals surface area contributed by atoms with Crippen LogP contribution in [0.15, 0.2) is 84.9 Å². The quantitative estimate of drug-likeness (QED) is 0.562. The first-order valence-corrected chi connectivity index (χ1v) is 10.5. The predicted molar refractivity (Wildman–Crippen MR) is 125 cm³/mol. The normalized spacial score (nSPS) is 10.5. The Morgan fingerprint density at radius 3 is 2.06 bits per heavy atom. The van der Waals surface area contributed by atoms with E-state index in [1.807, 2.05) is 98.8 Å². The molecule has 0 bridgehead atoms. The van der Waals surface area contributed by atoms with Crippen LogP contribution < -0.4 is 15.5 Å². The molecule has 0 aliphatic heterocycles. The average molecular weight is 416 g/mol. The number of nitrogens with zero attached hydrogens (tertiary/aromatic N) is 1. The fraction of sp³-hybridized carbons (Fsp3) is 0.231. The van der Waals surface area contributed by atoms with Crippen molar-refractivity contribution >= 4 is 17.6 Å². The molecule has 0 unspecified atom stereocenters. The molecule has 0 fully saturated rings. The van der Waals surface area contributed by atoms with Gasteiger partial charge in [0, 0.05) is 18.3 Å². The fourth-order valence-corrected chi connectivity index (χ4v) is 3.25. The van der Waals surface area contributed by atoms with E-state index in [-0.39, 0.29) is 24.4 Å². The van der Waals surface area contributed by atoms with Crippen LogP contribution >= 0.6 is 0 Å². The van der Waals surface area contributed by atoms with Crippen LogP contribution in [0.3, 0.4) is 0 Å². The highest BCUT2D eigenvalue weighted by atomic mass is 16.2. The van der Waals surface area contributed by atoms with Gasteiger partial charge in [-0.05, 0) is 42.7 Å². The van der Waals surface area contributed by atoms with Crippen LogP contribution in [0.2, 0.25) is 0 Å². The Hall–Kier alpha value is -3.60. The SMILES string of the molecule is CC(C)NC(=O)N(Cc1ccccc1)c1cccc(CC(=O)NCc2ccccc2)c1. The molecule has 0 saturated heterocycles. The summed E-state index contributed by atoms with van der Waals surface area (Å²) >= 11 is 0. The Morgan fingerprint density at radius 2 is 1.42 bits per heavy atom. The third-order valence-corrected chi connectivity index (χ3v) is 4.76. The highest BCUT2D eigenvalue weighted by Gasteiger charge is 2.18. The molecule has 0 aliphatic carbocycles.